The molecule has 1 N–H and O–H groups in total. The molecule has 0 aliphatic carbocycles. The second-order valence-corrected chi connectivity index (χ2v) is 4.91. The molecule has 0 bridgehead atoms. The normalized spacial score (nSPS) is 11.2. The van der Waals surface area contributed by atoms with Gasteiger partial charge in [0.1, 0.15) is 5.82 Å². The molecule has 0 amide bonds. The van der Waals surface area contributed by atoms with Crippen LogP contribution in [0.4, 0.5) is 0 Å². The largest absolute Gasteiger partial charge is 0.334 e. The topological polar surface area (TPSA) is 47.7 Å². The van der Waals surface area contributed by atoms with Crippen molar-refractivity contribution in [2.24, 2.45) is 7.05 Å². The van der Waals surface area contributed by atoms with Crippen LogP contribution in [0, 0.1) is 13.8 Å². The quantitative estimate of drug-likeness (QED) is 0.864. The van der Waals surface area contributed by atoms with E-state index in [2.05, 4.69) is 40.7 Å². The van der Waals surface area contributed by atoms with Crippen LogP contribution in [-0.2, 0) is 26.7 Å². The van der Waals surface area contributed by atoms with Crippen LogP contribution in [-0.4, -0.2) is 19.3 Å². The highest BCUT2D eigenvalue weighted by molar-refractivity contribution is 5.24. The van der Waals surface area contributed by atoms with Gasteiger partial charge in [-0.15, -0.1) is 0 Å². The lowest BCUT2D eigenvalue weighted by Crippen LogP contribution is -2.17. The first-order valence-corrected chi connectivity index (χ1v) is 6.83. The lowest BCUT2D eigenvalue weighted by atomic mass is 10.2. The van der Waals surface area contributed by atoms with E-state index in [9.17, 15) is 0 Å². The van der Waals surface area contributed by atoms with Gasteiger partial charge < -0.3 is 9.88 Å². The Morgan fingerprint density at radius 2 is 2.05 bits per heavy atom. The summed E-state index contributed by atoms with van der Waals surface area (Å²) in [6, 6.07) is 0. The number of aromatic nitrogens is 4. The molecule has 0 unspecified atom stereocenters. The van der Waals surface area contributed by atoms with E-state index in [1.54, 1.807) is 0 Å². The molecule has 5 nitrogen and oxygen atoms in total. The van der Waals surface area contributed by atoms with E-state index in [0.717, 1.165) is 37.6 Å². The maximum atomic E-state index is 4.43. The van der Waals surface area contributed by atoms with Gasteiger partial charge in [0.05, 0.1) is 12.2 Å². The molecule has 0 aliphatic heterocycles. The first-order chi connectivity index (χ1) is 9.13. The molecule has 19 heavy (non-hydrogen) atoms. The van der Waals surface area contributed by atoms with Gasteiger partial charge in [-0.05, 0) is 20.3 Å². The van der Waals surface area contributed by atoms with Crippen molar-refractivity contribution in [3.05, 3.63) is 35.2 Å². The molecule has 0 radical (unpaired) electrons. The van der Waals surface area contributed by atoms with E-state index >= 15 is 0 Å². The Morgan fingerprint density at radius 3 is 2.68 bits per heavy atom. The van der Waals surface area contributed by atoms with Crippen LogP contribution in [0.25, 0.3) is 0 Å². The van der Waals surface area contributed by atoms with E-state index in [4.69, 9.17) is 0 Å². The van der Waals surface area contributed by atoms with E-state index in [0.29, 0.717) is 0 Å². The molecule has 0 spiro atoms. The third-order valence-corrected chi connectivity index (χ3v) is 3.51. The van der Waals surface area contributed by atoms with Crippen molar-refractivity contribution in [3.8, 4) is 0 Å². The summed E-state index contributed by atoms with van der Waals surface area (Å²) in [6.45, 7) is 9.00. The molecular formula is C14H23N5. The number of hydrogen-bond acceptors (Lipinski definition) is 3. The third kappa shape index (κ3) is 3.04. The molecule has 0 aromatic carbocycles. The van der Waals surface area contributed by atoms with Gasteiger partial charge in [-0.3, -0.25) is 4.68 Å². The summed E-state index contributed by atoms with van der Waals surface area (Å²) in [5.41, 5.74) is 3.61. The summed E-state index contributed by atoms with van der Waals surface area (Å²) in [7, 11) is 1.99. The Bertz CT molecular complexity index is 538. The highest BCUT2D eigenvalue weighted by atomic mass is 15.3. The van der Waals surface area contributed by atoms with Gasteiger partial charge in [0.15, 0.2) is 0 Å². The lowest BCUT2D eigenvalue weighted by Gasteiger charge is -2.08. The average molecular weight is 261 g/mol. The molecule has 5 heteroatoms. The van der Waals surface area contributed by atoms with Crippen LogP contribution < -0.4 is 5.32 Å². The number of hydrogen-bond donors (Lipinski definition) is 1. The minimum Gasteiger partial charge on any atom is -0.334 e. The van der Waals surface area contributed by atoms with Gasteiger partial charge in [-0.1, -0.05) is 6.92 Å². The second kappa shape index (κ2) is 6.02. The van der Waals surface area contributed by atoms with Crippen molar-refractivity contribution in [2.45, 2.75) is 46.8 Å². The van der Waals surface area contributed by atoms with Crippen molar-refractivity contribution >= 4 is 0 Å². The van der Waals surface area contributed by atoms with Crippen molar-refractivity contribution in [1.82, 2.24) is 24.6 Å². The monoisotopic (exact) mass is 261 g/mol. The Hall–Kier alpha value is -1.62. The molecule has 2 heterocycles. The summed E-state index contributed by atoms with van der Waals surface area (Å²) in [5.74, 6) is 1.10. The maximum absolute atomic E-state index is 4.43. The summed E-state index contributed by atoms with van der Waals surface area (Å²) >= 11 is 0. The highest BCUT2D eigenvalue weighted by Crippen LogP contribution is 2.11. The van der Waals surface area contributed by atoms with Crippen LogP contribution in [0.15, 0.2) is 12.4 Å². The van der Waals surface area contributed by atoms with Crippen molar-refractivity contribution < 1.29 is 0 Å². The molecule has 0 fully saturated rings. The van der Waals surface area contributed by atoms with Gasteiger partial charge in [0, 0.05) is 43.8 Å². The van der Waals surface area contributed by atoms with Crippen molar-refractivity contribution in [3.63, 3.8) is 0 Å². The maximum Gasteiger partial charge on any atom is 0.122 e. The smallest absolute Gasteiger partial charge is 0.122 e. The lowest BCUT2D eigenvalue weighted by molar-refractivity contribution is 0.587. The zero-order valence-electron chi connectivity index (χ0n) is 12.3. The fourth-order valence-corrected chi connectivity index (χ4v) is 2.32. The van der Waals surface area contributed by atoms with Crippen molar-refractivity contribution in [1.29, 1.82) is 0 Å². The average Bonchev–Trinajstić information content (AvgIpc) is 2.90. The van der Waals surface area contributed by atoms with Gasteiger partial charge in [0.25, 0.3) is 0 Å². The number of nitrogens with zero attached hydrogens (tertiary/aromatic N) is 4. The molecular weight excluding hydrogens is 238 g/mol. The van der Waals surface area contributed by atoms with E-state index in [1.807, 2.05) is 24.1 Å². The van der Waals surface area contributed by atoms with Crippen LogP contribution in [0.1, 0.15) is 36.1 Å². The molecule has 0 aliphatic rings. The summed E-state index contributed by atoms with van der Waals surface area (Å²) in [4.78, 5) is 4.40. The standard InChI is InChI=1S/C14H23N5/c1-5-7-19-8-6-16-14(19)10-15-9-13-11(2)17-18(4)12(13)3/h6,8,15H,5,7,9-10H2,1-4H3. The second-order valence-electron chi connectivity index (χ2n) is 4.91. The third-order valence-electron chi connectivity index (χ3n) is 3.51. The molecule has 0 atom stereocenters. The minimum atomic E-state index is 0.792. The number of nitrogens with one attached hydrogen (secondary N) is 1. The van der Waals surface area contributed by atoms with Crippen LogP contribution in [0.2, 0.25) is 0 Å². The van der Waals surface area contributed by atoms with Crippen LogP contribution in [0.5, 0.6) is 0 Å². The van der Waals surface area contributed by atoms with E-state index in [1.165, 1.54) is 11.3 Å². The summed E-state index contributed by atoms with van der Waals surface area (Å²) in [5, 5.41) is 7.89. The van der Waals surface area contributed by atoms with E-state index in [-0.39, 0.29) is 0 Å². The zero-order chi connectivity index (χ0) is 13.8. The molecule has 2 aromatic rings. The molecule has 104 valence electrons. The van der Waals surface area contributed by atoms with E-state index < -0.39 is 0 Å². The summed E-state index contributed by atoms with van der Waals surface area (Å²) < 4.78 is 4.14. The zero-order valence-corrected chi connectivity index (χ0v) is 12.3. The van der Waals surface area contributed by atoms with Crippen molar-refractivity contribution in [2.75, 3.05) is 0 Å². The highest BCUT2D eigenvalue weighted by Gasteiger charge is 2.09. The SMILES string of the molecule is CCCn1ccnc1CNCc1c(C)nn(C)c1C. The first-order valence-electron chi connectivity index (χ1n) is 6.83. The minimum absolute atomic E-state index is 0.792. The Labute approximate surface area is 114 Å². The first kappa shape index (κ1) is 13.8. The van der Waals surface area contributed by atoms with Crippen LogP contribution >= 0.6 is 0 Å². The molecule has 2 rings (SSSR count). The van der Waals surface area contributed by atoms with Gasteiger partial charge in [-0.2, -0.15) is 5.10 Å². The Balaban J connectivity index is 1.94. The number of imidazole rings is 1. The summed E-state index contributed by atoms with van der Waals surface area (Å²) in [6.07, 6.45) is 5.04. The number of aryl methyl sites for hydroxylation is 3. The van der Waals surface area contributed by atoms with Gasteiger partial charge in [-0.25, -0.2) is 4.98 Å². The molecule has 0 saturated carbocycles. The predicted molar refractivity (Wildman–Crippen MR) is 75.7 cm³/mol. The van der Waals surface area contributed by atoms with Crippen LogP contribution in [0.3, 0.4) is 0 Å². The predicted octanol–water partition coefficient (Wildman–Crippen LogP) is 1.93. The Kier molecular flexibility index (Phi) is 4.37. The fraction of sp³-hybridized carbons (Fsp3) is 0.571. The number of rotatable bonds is 6. The molecule has 0 saturated heterocycles. The Morgan fingerprint density at radius 1 is 1.26 bits per heavy atom. The van der Waals surface area contributed by atoms with Gasteiger partial charge in [0.2, 0.25) is 0 Å². The van der Waals surface area contributed by atoms with Gasteiger partial charge >= 0.3 is 0 Å². The molecule has 2 aromatic heterocycles. The fourth-order valence-electron chi connectivity index (χ4n) is 2.32.